The van der Waals surface area contributed by atoms with Crippen molar-refractivity contribution in [3.8, 4) is 0 Å². The molecule has 98 valence electrons. The van der Waals surface area contributed by atoms with Gasteiger partial charge >= 0.3 is 0 Å². The summed E-state index contributed by atoms with van der Waals surface area (Å²) in [5.41, 5.74) is 1.40. The molecule has 0 N–H and O–H groups in total. The standard InChI is InChI=1S/C16H20F2/c1-10(2)13-8-9-14(16(18)15(13)17)12-6-4-11(3)5-7-12/h8-9,11-12H,1,4-7H2,2-3H3. The summed E-state index contributed by atoms with van der Waals surface area (Å²) in [5, 5.41) is 0. The lowest BCUT2D eigenvalue weighted by Gasteiger charge is -2.27. The summed E-state index contributed by atoms with van der Waals surface area (Å²) in [6.07, 6.45) is 4.13. The fraction of sp³-hybridized carbons (Fsp3) is 0.500. The van der Waals surface area contributed by atoms with Gasteiger partial charge in [-0.3, -0.25) is 0 Å². The minimum Gasteiger partial charge on any atom is -0.203 e. The van der Waals surface area contributed by atoms with Crippen molar-refractivity contribution in [1.29, 1.82) is 0 Å². The lowest BCUT2D eigenvalue weighted by Crippen LogP contribution is -2.13. The Hall–Kier alpha value is -1.18. The van der Waals surface area contributed by atoms with Crippen LogP contribution in [-0.2, 0) is 0 Å². The molecule has 1 aromatic rings. The molecular weight excluding hydrogens is 230 g/mol. The molecule has 0 heterocycles. The molecule has 0 atom stereocenters. The van der Waals surface area contributed by atoms with E-state index in [1.165, 1.54) is 0 Å². The summed E-state index contributed by atoms with van der Waals surface area (Å²) in [6.45, 7) is 7.59. The molecule has 0 amide bonds. The van der Waals surface area contributed by atoms with E-state index < -0.39 is 11.6 Å². The average molecular weight is 250 g/mol. The molecule has 0 aliphatic heterocycles. The fourth-order valence-electron chi connectivity index (χ4n) is 2.78. The molecule has 1 aliphatic rings. The highest BCUT2D eigenvalue weighted by Crippen LogP contribution is 2.37. The molecular formula is C16H20F2. The Morgan fingerprint density at radius 3 is 2.28 bits per heavy atom. The third kappa shape index (κ3) is 2.47. The number of hydrogen-bond donors (Lipinski definition) is 0. The fourth-order valence-corrected chi connectivity index (χ4v) is 2.78. The smallest absolute Gasteiger partial charge is 0.166 e. The van der Waals surface area contributed by atoms with Gasteiger partial charge in [-0.2, -0.15) is 0 Å². The van der Waals surface area contributed by atoms with Crippen molar-refractivity contribution in [2.45, 2.75) is 45.4 Å². The van der Waals surface area contributed by atoms with Crippen molar-refractivity contribution in [2.75, 3.05) is 0 Å². The van der Waals surface area contributed by atoms with Crippen LogP contribution in [0.4, 0.5) is 8.78 Å². The Morgan fingerprint density at radius 2 is 1.72 bits per heavy atom. The molecule has 0 nitrogen and oxygen atoms in total. The number of hydrogen-bond acceptors (Lipinski definition) is 0. The van der Waals surface area contributed by atoms with E-state index in [0.29, 0.717) is 22.6 Å². The largest absolute Gasteiger partial charge is 0.203 e. The summed E-state index contributed by atoms with van der Waals surface area (Å²) in [7, 11) is 0. The quantitative estimate of drug-likeness (QED) is 0.669. The molecule has 1 fully saturated rings. The van der Waals surface area contributed by atoms with Crippen molar-refractivity contribution >= 4 is 5.57 Å². The first-order chi connectivity index (χ1) is 8.50. The Balaban J connectivity index is 2.30. The van der Waals surface area contributed by atoms with Gasteiger partial charge in [-0.15, -0.1) is 0 Å². The van der Waals surface area contributed by atoms with Crippen LogP contribution in [0.25, 0.3) is 5.57 Å². The molecule has 1 saturated carbocycles. The predicted octanol–water partition coefficient (Wildman–Crippen LogP) is 5.29. The Bertz CT molecular complexity index is 454. The number of halogens is 2. The maximum absolute atomic E-state index is 14.1. The first-order valence-electron chi connectivity index (χ1n) is 6.64. The molecule has 1 aromatic carbocycles. The van der Waals surface area contributed by atoms with E-state index in [-0.39, 0.29) is 5.92 Å². The summed E-state index contributed by atoms with van der Waals surface area (Å²) in [6, 6.07) is 3.40. The van der Waals surface area contributed by atoms with Crippen molar-refractivity contribution < 1.29 is 8.78 Å². The highest BCUT2D eigenvalue weighted by molar-refractivity contribution is 5.62. The van der Waals surface area contributed by atoms with E-state index in [9.17, 15) is 8.78 Å². The third-order valence-corrected chi connectivity index (χ3v) is 4.03. The molecule has 0 spiro atoms. The van der Waals surface area contributed by atoms with E-state index in [1.54, 1.807) is 19.1 Å². The van der Waals surface area contributed by atoms with Gasteiger partial charge in [0, 0.05) is 5.56 Å². The molecule has 18 heavy (non-hydrogen) atoms. The minimum atomic E-state index is -0.737. The van der Waals surface area contributed by atoms with E-state index in [4.69, 9.17) is 0 Å². The van der Waals surface area contributed by atoms with Crippen molar-refractivity contribution in [3.05, 3.63) is 41.5 Å². The zero-order valence-corrected chi connectivity index (χ0v) is 11.1. The maximum atomic E-state index is 14.1. The molecule has 2 heteroatoms. The molecule has 1 aliphatic carbocycles. The maximum Gasteiger partial charge on any atom is 0.166 e. The molecule has 0 radical (unpaired) electrons. The summed E-state index contributed by atoms with van der Waals surface area (Å²) in [5.74, 6) is -0.521. The van der Waals surface area contributed by atoms with Gasteiger partial charge in [0.2, 0.25) is 0 Å². The molecule has 0 unspecified atom stereocenters. The van der Waals surface area contributed by atoms with Gasteiger partial charge < -0.3 is 0 Å². The zero-order valence-electron chi connectivity index (χ0n) is 11.1. The second kappa shape index (κ2) is 5.21. The van der Waals surface area contributed by atoms with Crippen LogP contribution in [0.15, 0.2) is 18.7 Å². The summed E-state index contributed by atoms with van der Waals surface area (Å²) < 4.78 is 28.0. The predicted molar refractivity (Wildman–Crippen MR) is 71.4 cm³/mol. The number of benzene rings is 1. The average Bonchev–Trinajstić information content (AvgIpc) is 2.33. The molecule has 0 saturated heterocycles. The normalized spacial score (nSPS) is 24.0. The molecule has 0 bridgehead atoms. The van der Waals surface area contributed by atoms with Crippen LogP contribution in [0.3, 0.4) is 0 Å². The number of allylic oxidation sites excluding steroid dienone is 1. The topological polar surface area (TPSA) is 0 Å². The molecule has 2 rings (SSSR count). The van der Waals surface area contributed by atoms with Gasteiger partial charge in [0.1, 0.15) is 0 Å². The van der Waals surface area contributed by atoms with Crippen molar-refractivity contribution in [1.82, 2.24) is 0 Å². The van der Waals surface area contributed by atoms with Gasteiger partial charge in [0.15, 0.2) is 11.6 Å². The van der Waals surface area contributed by atoms with E-state index in [2.05, 4.69) is 13.5 Å². The minimum absolute atomic E-state index is 0.176. The van der Waals surface area contributed by atoms with Gasteiger partial charge in [0.25, 0.3) is 0 Å². The lowest BCUT2D eigenvalue weighted by molar-refractivity contribution is 0.339. The summed E-state index contributed by atoms with van der Waals surface area (Å²) in [4.78, 5) is 0. The van der Waals surface area contributed by atoms with Crippen LogP contribution >= 0.6 is 0 Å². The first-order valence-corrected chi connectivity index (χ1v) is 6.64. The van der Waals surface area contributed by atoms with E-state index in [0.717, 1.165) is 25.7 Å². The van der Waals surface area contributed by atoms with Crippen molar-refractivity contribution in [3.63, 3.8) is 0 Å². The zero-order chi connectivity index (χ0) is 13.3. The molecule has 0 aromatic heterocycles. The Kier molecular flexibility index (Phi) is 3.84. The second-order valence-corrected chi connectivity index (χ2v) is 5.57. The highest BCUT2D eigenvalue weighted by atomic mass is 19.2. The Morgan fingerprint density at radius 1 is 1.11 bits per heavy atom. The summed E-state index contributed by atoms with van der Waals surface area (Å²) >= 11 is 0. The first kappa shape index (κ1) is 13.3. The SMILES string of the molecule is C=C(C)c1ccc(C2CCC(C)CC2)c(F)c1F. The van der Waals surface area contributed by atoms with Gasteiger partial charge in [-0.05, 0) is 42.7 Å². The monoisotopic (exact) mass is 250 g/mol. The van der Waals surface area contributed by atoms with Gasteiger partial charge in [-0.1, -0.05) is 38.5 Å². The second-order valence-electron chi connectivity index (χ2n) is 5.57. The van der Waals surface area contributed by atoms with Crippen LogP contribution in [0.5, 0.6) is 0 Å². The van der Waals surface area contributed by atoms with Crippen LogP contribution in [0, 0.1) is 17.6 Å². The lowest BCUT2D eigenvalue weighted by atomic mass is 9.79. The third-order valence-electron chi connectivity index (χ3n) is 4.03. The van der Waals surface area contributed by atoms with Gasteiger partial charge in [0.05, 0.1) is 0 Å². The van der Waals surface area contributed by atoms with E-state index >= 15 is 0 Å². The van der Waals surface area contributed by atoms with Crippen LogP contribution in [0.2, 0.25) is 0 Å². The van der Waals surface area contributed by atoms with Gasteiger partial charge in [-0.25, -0.2) is 8.78 Å². The Labute approximate surface area is 108 Å². The van der Waals surface area contributed by atoms with Crippen LogP contribution < -0.4 is 0 Å². The van der Waals surface area contributed by atoms with Crippen molar-refractivity contribution in [2.24, 2.45) is 5.92 Å². The van der Waals surface area contributed by atoms with Crippen LogP contribution in [0.1, 0.15) is 56.6 Å². The van der Waals surface area contributed by atoms with Crippen LogP contribution in [-0.4, -0.2) is 0 Å². The highest BCUT2D eigenvalue weighted by Gasteiger charge is 2.24. The number of rotatable bonds is 2. The van der Waals surface area contributed by atoms with E-state index in [1.807, 2.05) is 0 Å².